The van der Waals surface area contributed by atoms with Gasteiger partial charge in [-0.05, 0) is 62.1 Å². The van der Waals surface area contributed by atoms with Gasteiger partial charge in [0.25, 0.3) is 5.91 Å². The standard InChI is InChI=1S/C24H29NO7S/c1-16-7-9-19(13-17(16)2)33(28,29)24(11-5-6-12-24)23(27)32-15-22(26)25-20-14-18(30-3)8-10-21(20)31-4/h7-10,13-14H,5-6,11-12,15H2,1-4H3,(H,25,26). The van der Waals surface area contributed by atoms with Crippen molar-refractivity contribution in [2.45, 2.75) is 49.2 Å². The number of aryl methyl sites for hydroxylation is 2. The summed E-state index contributed by atoms with van der Waals surface area (Å²) in [7, 11) is -1.06. The van der Waals surface area contributed by atoms with E-state index in [-0.39, 0.29) is 17.7 Å². The Morgan fingerprint density at radius 2 is 1.67 bits per heavy atom. The van der Waals surface area contributed by atoms with Gasteiger partial charge in [0, 0.05) is 6.07 Å². The van der Waals surface area contributed by atoms with Crippen molar-refractivity contribution in [3.63, 3.8) is 0 Å². The van der Waals surface area contributed by atoms with Crippen LogP contribution in [0.4, 0.5) is 5.69 Å². The third-order valence-electron chi connectivity index (χ3n) is 6.10. The monoisotopic (exact) mass is 475 g/mol. The zero-order valence-corrected chi connectivity index (χ0v) is 20.1. The second kappa shape index (κ2) is 9.82. The second-order valence-electron chi connectivity index (χ2n) is 8.14. The van der Waals surface area contributed by atoms with Gasteiger partial charge in [0.05, 0.1) is 24.8 Å². The molecule has 0 aromatic heterocycles. The fraction of sp³-hybridized carbons (Fsp3) is 0.417. The van der Waals surface area contributed by atoms with E-state index in [2.05, 4.69) is 5.32 Å². The largest absolute Gasteiger partial charge is 0.497 e. The molecule has 0 spiro atoms. The Morgan fingerprint density at radius 1 is 0.970 bits per heavy atom. The minimum atomic E-state index is -4.01. The van der Waals surface area contributed by atoms with Gasteiger partial charge < -0.3 is 19.5 Å². The van der Waals surface area contributed by atoms with E-state index in [0.29, 0.717) is 30.0 Å². The molecular formula is C24H29NO7S. The number of anilines is 1. The van der Waals surface area contributed by atoms with Gasteiger partial charge in [-0.3, -0.25) is 9.59 Å². The molecule has 1 fully saturated rings. The quantitative estimate of drug-likeness (QED) is 0.581. The summed E-state index contributed by atoms with van der Waals surface area (Å²) in [5, 5.41) is 2.61. The van der Waals surface area contributed by atoms with Gasteiger partial charge in [-0.25, -0.2) is 8.42 Å². The molecule has 8 nitrogen and oxygen atoms in total. The molecule has 1 aliphatic carbocycles. The van der Waals surface area contributed by atoms with Gasteiger partial charge in [-0.15, -0.1) is 0 Å². The SMILES string of the molecule is COc1ccc(OC)c(NC(=O)COC(=O)C2(S(=O)(=O)c3ccc(C)c(C)c3)CCCC2)c1. The van der Waals surface area contributed by atoms with Crippen molar-refractivity contribution in [2.75, 3.05) is 26.1 Å². The number of esters is 1. The Morgan fingerprint density at radius 3 is 2.27 bits per heavy atom. The Balaban J connectivity index is 1.77. The highest BCUT2D eigenvalue weighted by Crippen LogP contribution is 2.42. The summed E-state index contributed by atoms with van der Waals surface area (Å²) in [6.45, 7) is 3.09. The molecule has 9 heteroatoms. The molecule has 1 saturated carbocycles. The molecule has 0 saturated heterocycles. The molecule has 0 aliphatic heterocycles. The summed E-state index contributed by atoms with van der Waals surface area (Å²) in [5.41, 5.74) is 2.13. The van der Waals surface area contributed by atoms with Gasteiger partial charge in [0.1, 0.15) is 11.5 Å². The van der Waals surface area contributed by atoms with Crippen LogP contribution in [0.5, 0.6) is 11.5 Å². The number of benzene rings is 2. The molecule has 2 aromatic carbocycles. The maximum atomic E-state index is 13.5. The first-order chi connectivity index (χ1) is 15.6. The molecule has 2 aromatic rings. The van der Waals surface area contributed by atoms with E-state index in [1.54, 1.807) is 30.3 Å². The van der Waals surface area contributed by atoms with Crippen molar-refractivity contribution in [3.05, 3.63) is 47.5 Å². The molecule has 1 N–H and O–H groups in total. The lowest BCUT2D eigenvalue weighted by atomic mass is 10.1. The molecule has 1 amide bonds. The number of methoxy groups -OCH3 is 2. The van der Waals surface area contributed by atoms with Crippen LogP contribution in [0, 0.1) is 13.8 Å². The van der Waals surface area contributed by atoms with Crippen LogP contribution in [0.1, 0.15) is 36.8 Å². The summed E-state index contributed by atoms with van der Waals surface area (Å²) in [5.74, 6) is -0.606. The number of carbonyl (C=O) groups is 2. The Labute approximate surface area is 194 Å². The number of sulfone groups is 1. The number of ether oxygens (including phenoxy) is 3. The van der Waals surface area contributed by atoms with Crippen molar-refractivity contribution in [1.82, 2.24) is 0 Å². The van der Waals surface area contributed by atoms with Gasteiger partial charge in [-0.1, -0.05) is 18.9 Å². The third kappa shape index (κ3) is 4.83. The number of hydrogen-bond donors (Lipinski definition) is 1. The highest BCUT2D eigenvalue weighted by atomic mass is 32.2. The van der Waals surface area contributed by atoms with Gasteiger partial charge in [0.2, 0.25) is 0 Å². The highest BCUT2D eigenvalue weighted by Gasteiger charge is 2.54. The van der Waals surface area contributed by atoms with E-state index in [1.165, 1.54) is 20.3 Å². The first kappa shape index (κ1) is 24.6. The first-order valence-electron chi connectivity index (χ1n) is 10.7. The summed E-state index contributed by atoms with van der Waals surface area (Å²) in [6, 6.07) is 9.71. The fourth-order valence-corrected chi connectivity index (χ4v) is 6.13. The predicted octanol–water partition coefficient (Wildman–Crippen LogP) is 3.59. The molecule has 0 bridgehead atoms. The molecular weight excluding hydrogens is 446 g/mol. The normalized spacial score (nSPS) is 15.0. The summed E-state index contributed by atoms with van der Waals surface area (Å²) < 4.78 is 41.0. The highest BCUT2D eigenvalue weighted by molar-refractivity contribution is 7.93. The molecule has 178 valence electrons. The fourth-order valence-electron chi connectivity index (χ4n) is 4.00. The molecule has 1 aliphatic rings. The summed E-state index contributed by atoms with van der Waals surface area (Å²) >= 11 is 0. The van der Waals surface area contributed by atoms with Crippen LogP contribution in [-0.4, -0.2) is 45.9 Å². The van der Waals surface area contributed by atoms with E-state index < -0.39 is 33.1 Å². The van der Waals surface area contributed by atoms with E-state index >= 15 is 0 Å². The molecule has 33 heavy (non-hydrogen) atoms. The third-order valence-corrected chi connectivity index (χ3v) is 8.58. The van der Waals surface area contributed by atoms with Crippen LogP contribution in [0.3, 0.4) is 0 Å². The minimum Gasteiger partial charge on any atom is -0.497 e. The summed E-state index contributed by atoms with van der Waals surface area (Å²) in [6.07, 6.45) is 1.50. The van der Waals surface area contributed by atoms with Gasteiger partial charge in [-0.2, -0.15) is 0 Å². The molecule has 0 unspecified atom stereocenters. The lowest BCUT2D eigenvalue weighted by Crippen LogP contribution is -2.46. The topological polar surface area (TPSA) is 108 Å². The van der Waals surface area contributed by atoms with Crippen LogP contribution in [0.2, 0.25) is 0 Å². The molecule has 0 heterocycles. The zero-order valence-electron chi connectivity index (χ0n) is 19.3. The van der Waals surface area contributed by atoms with Gasteiger partial charge in [0.15, 0.2) is 21.2 Å². The maximum Gasteiger partial charge on any atom is 0.328 e. The van der Waals surface area contributed by atoms with Crippen molar-refractivity contribution in [3.8, 4) is 11.5 Å². The number of rotatable bonds is 8. The average Bonchev–Trinajstić information content (AvgIpc) is 3.31. The first-order valence-corrected chi connectivity index (χ1v) is 12.1. The van der Waals surface area contributed by atoms with Crippen molar-refractivity contribution in [1.29, 1.82) is 0 Å². The van der Waals surface area contributed by atoms with Crippen molar-refractivity contribution in [2.24, 2.45) is 0 Å². The maximum absolute atomic E-state index is 13.5. The molecule has 0 radical (unpaired) electrons. The van der Waals surface area contributed by atoms with Crippen LogP contribution >= 0.6 is 0 Å². The number of nitrogens with one attached hydrogen (secondary N) is 1. The lowest BCUT2D eigenvalue weighted by molar-refractivity contribution is -0.149. The van der Waals surface area contributed by atoms with Crippen LogP contribution in [0.15, 0.2) is 41.3 Å². The zero-order chi connectivity index (χ0) is 24.2. The van der Waals surface area contributed by atoms with Crippen LogP contribution in [-0.2, 0) is 24.2 Å². The number of hydrogen-bond acceptors (Lipinski definition) is 7. The van der Waals surface area contributed by atoms with E-state index in [9.17, 15) is 18.0 Å². The van der Waals surface area contributed by atoms with Crippen LogP contribution < -0.4 is 14.8 Å². The van der Waals surface area contributed by atoms with E-state index in [1.807, 2.05) is 13.8 Å². The lowest BCUT2D eigenvalue weighted by Gasteiger charge is -2.27. The number of amides is 1. The molecule has 3 rings (SSSR count). The van der Waals surface area contributed by atoms with Gasteiger partial charge >= 0.3 is 5.97 Å². The Hall–Kier alpha value is -3.07. The molecule has 0 atom stereocenters. The van der Waals surface area contributed by atoms with Crippen molar-refractivity contribution < 1.29 is 32.2 Å². The Kier molecular flexibility index (Phi) is 7.31. The Bertz CT molecular complexity index is 1150. The minimum absolute atomic E-state index is 0.0926. The van der Waals surface area contributed by atoms with Crippen LogP contribution in [0.25, 0.3) is 0 Å². The summed E-state index contributed by atoms with van der Waals surface area (Å²) in [4.78, 5) is 25.7. The van der Waals surface area contributed by atoms with E-state index in [4.69, 9.17) is 14.2 Å². The number of carbonyl (C=O) groups excluding carboxylic acids is 2. The second-order valence-corrected chi connectivity index (χ2v) is 10.4. The predicted molar refractivity (Wildman–Crippen MR) is 123 cm³/mol. The van der Waals surface area contributed by atoms with E-state index in [0.717, 1.165) is 11.1 Å². The average molecular weight is 476 g/mol. The van der Waals surface area contributed by atoms with Crippen molar-refractivity contribution >= 4 is 27.4 Å². The smallest absolute Gasteiger partial charge is 0.328 e.